The Kier molecular flexibility index (Phi) is 5.27. The van der Waals surface area contributed by atoms with Crippen molar-refractivity contribution in [1.29, 1.82) is 0 Å². The topological polar surface area (TPSA) is 82.9 Å². The lowest BCUT2D eigenvalue weighted by atomic mass is 10.0. The van der Waals surface area contributed by atoms with Crippen LogP contribution in [0.5, 0.6) is 0 Å². The zero-order valence-electron chi connectivity index (χ0n) is 14.0. The zero-order valence-corrected chi connectivity index (χ0v) is 14.8. The van der Waals surface area contributed by atoms with Gasteiger partial charge in [0.05, 0.1) is 19.1 Å². The van der Waals surface area contributed by atoms with Crippen molar-refractivity contribution >= 4 is 15.9 Å². The zero-order chi connectivity index (χ0) is 17.2. The Bertz CT molecular complexity index is 651. The van der Waals surface area contributed by atoms with Crippen LogP contribution in [0.25, 0.3) is 0 Å². The maximum Gasteiger partial charge on any atom is 0.238 e. The largest absolute Gasteiger partial charge is 0.468 e. The highest BCUT2D eigenvalue weighted by Crippen LogP contribution is 2.21. The summed E-state index contributed by atoms with van der Waals surface area (Å²) in [6.45, 7) is 3.02. The van der Waals surface area contributed by atoms with Gasteiger partial charge >= 0.3 is 0 Å². The number of sulfonamides is 1. The lowest BCUT2D eigenvalue weighted by molar-refractivity contribution is -0.125. The number of furan rings is 1. The van der Waals surface area contributed by atoms with E-state index in [9.17, 15) is 13.2 Å². The summed E-state index contributed by atoms with van der Waals surface area (Å²) < 4.78 is 30.2. The van der Waals surface area contributed by atoms with Crippen LogP contribution in [0.3, 0.4) is 0 Å². The molecule has 0 aromatic carbocycles. The van der Waals surface area contributed by atoms with E-state index in [-0.39, 0.29) is 11.9 Å². The fourth-order valence-corrected chi connectivity index (χ4v) is 4.68. The van der Waals surface area contributed by atoms with Crippen LogP contribution in [0.4, 0.5) is 0 Å². The minimum atomic E-state index is -3.32. The number of amides is 1. The highest BCUT2D eigenvalue weighted by Gasteiger charge is 2.37. The van der Waals surface area contributed by atoms with Gasteiger partial charge in [0.2, 0.25) is 15.9 Å². The van der Waals surface area contributed by atoms with Crippen molar-refractivity contribution in [3.63, 3.8) is 0 Å². The van der Waals surface area contributed by atoms with E-state index in [4.69, 9.17) is 4.42 Å². The van der Waals surface area contributed by atoms with E-state index in [2.05, 4.69) is 10.2 Å². The first-order chi connectivity index (χ1) is 11.4. The molecule has 0 spiro atoms. The number of carbonyl (C=O) groups excluding carboxylic acids is 1. The minimum absolute atomic E-state index is 0.118. The third-order valence-corrected chi connectivity index (χ3v) is 6.11. The second-order valence-electron chi connectivity index (χ2n) is 6.67. The van der Waals surface area contributed by atoms with E-state index in [1.807, 2.05) is 12.1 Å². The van der Waals surface area contributed by atoms with Crippen molar-refractivity contribution in [3.8, 4) is 0 Å². The molecule has 24 heavy (non-hydrogen) atoms. The molecule has 3 heterocycles. The van der Waals surface area contributed by atoms with Gasteiger partial charge in [-0.25, -0.2) is 8.42 Å². The summed E-state index contributed by atoms with van der Waals surface area (Å²) in [5.74, 6) is 0.801. The van der Waals surface area contributed by atoms with E-state index >= 15 is 0 Å². The molecule has 8 heteroatoms. The molecule has 1 N–H and O–H groups in total. The third-order valence-electron chi connectivity index (χ3n) is 4.83. The Morgan fingerprint density at radius 2 is 2.04 bits per heavy atom. The summed E-state index contributed by atoms with van der Waals surface area (Å²) in [5, 5.41) is 3.05. The van der Waals surface area contributed by atoms with Gasteiger partial charge in [0.25, 0.3) is 0 Å². The van der Waals surface area contributed by atoms with Crippen molar-refractivity contribution in [1.82, 2.24) is 14.5 Å². The van der Waals surface area contributed by atoms with Crippen molar-refractivity contribution in [2.45, 2.75) is 44.3 Å². The maximum atomic E-state index is 12.5. The summed E-state index contributed by atoms with van der Waals surface area (Å²) in [4.78, 5) is 14.8. The summed E-state index contributed by atoms with van der Waals surface area (Å²) in [5.41, 5.74) is 0. The molecule has 2 fully saturated rings. The third kappa shape index (κ3) is 4.17. The average molecular weight is 355 g/mol. The van der Waals surface area contributed by atoms with Crippen molar-refractivity contribution < 1.29 is 17.6 Å². The molecule has 2 saturated heterocycles. The lowest BCUT2D eigenvalue weighted by Gasteiger charge is -2.33. The Morgan fingerprint density at radius 3 is 2.67 bits per heavy atom. The van der Waals surface area contributed by atoms with Crippen LogP contribution in [-0.4, -0.2) is 61.5 Å². The molecule has 1 amide bonds. The molecule has 134 valence electrons. The normalized spacial score (nSPS) is 24.3. The number of piperidine rings is 1. The van der Waals surface area contributed by atoms with Gasteiger partial charge in [-0.1, -0.05) is 0 Å². The monoisotopic (exact) mass is 355 g/mol. The Morgan fingerprint density at radius 1 is 1.29 bits per heavy atom. The van der Waals surface area contributed by atoms with Crippen molar-refractivity contribution in [2.24, 2.45) is 0 Å². The van der Waals surface area contributed by atoms with Gasteiger partial charge in [-0.05, 0) is 37.8 Å². The molecule has 7 nitrogen and oxygen atoms in total. The fraction of sp³-hybridized carbons (Fsp3) is 0.688. The van der Waals surface area contributed by atoms with Crippen LogP contribution in [0, 0.1) is 0 Å². The average Bonchev–Trinajstić information content (AvgIpc) is 3.19. The minimum Gasteiger partial charge on any atom is -0.468 e. The molecule has 0 radical (unpaired) electrons. The van der Waals surface area contributed by atoms with Crippen LogP contribution >= 0.6 is 0 Å². The second kappa shape index (κ2) is 7.25. The molecule has 0 unspecified atom stereocenters. The van der Waals surface area contributed by atoms with Crippen LogP contribution in [0.2, 0.25) is 0 Å². The van der Waals surface area contributed by atoms with Crippen molar-refractivity contribution in [2.75, 3.05) is 25.9 Å². The number of carbonyl (C=O) groups is 1. The van der Waals surface area contributed by atoms with Gasteiger partial charge in [0.1, 0.15) is 11.8 Å². The highest BCUT2D eigenvalue weighted by atomic mass is 32.2. The predicted octanol–water partition coefficient (Wildman–Crippen LogP) is 0.784. The molecule has 2 aliphatic rings. The number of nitrogens with zero attached hydrogens (tertiary/aromatic N) is 2. The predicted molar refractivity (Wildman–Crippen MR) is 89.7 cm³/mol. The first-order valence-electron chi connectivity index (χ1n) is 8.45. The first kappa shape index (κ1) is 17.4. The molecular weight excluding hydrogens is 330 g/mol. The molecule has 2 aliphatic heterocycles. The standard InChI is InChI=1S/C16H25N3O4S/c1-24(21,22)19-8-2-5-15(19)16(20)17-13-6-9-18(10-7-13)12-14-4-3-11-23-14/h3-4,11,13,15H,2,5-10,12H2,1H3,(H,17,20)/t15-/m0/s1. The van der Waals surface area contributed by atoms with Crippen LogP contribution < -0.4 is 5.32 Å². The SMILES string of the molecule is CS(=O)(=O)N1CCC[C@H]1C(=O)NC1CCN(Cc2ccco2)CC1. The summed E-state index contributed by atoms with van der Waals surface area (Å²) in [7, 11) is -3.32. The molecule has 0 saturated carbocycles. The summed E-state index contributed by atoms with van der Waals surface area (Å²) in [6.07, 6.45) is 5.95. The van der Waals surface area contributed by atoms with Crippen LogP contribution in [-0.2, 0) is 21.4 Å². The Labute approximate surface area is 143 Å². The van der Waals surface area contributed by atoms with E-state index in [1.54, 1.807) is 6.26 Å². The quantitative estimate of drug-likeness (QED) is 0.844. The maximum absolute atomic E-state index is 12.5. The summed E-state index contributed by atoms with van der Waals surface area (Å²) in [6, 6.07) is 3.43. The Hall–Kier alpha value is -1.38. The van der Waals surface area contributed by atoms with E-state index in [0.717, 1.165) is 44.7 Å². The van der Waals surface area contributed by atoms with Crippen LogP contribution in [0.15, 0.2) is 22.8 Å². The fourth-order valence-electron chi connectivity index (χ4n) is 3.55. The number of hydrogen-bond donors (Lipinski definition) is 1. The van der Waals surface area contributed by atoms with Gasteiger partial charge in [0.15, 0.2) is 0 Å². The van der Waals surface area contributed by atoms with E-state index < -0.39 is 16.1 Å². The van der Waals surface area contributed by atoms with Gasteiger partial charge < -0.3 is 9.73 Å². The number of likely N-dealkylation sites (tertiary alicyclic amines) is 1. The lowest BCUT2D eigenvalue weighted by Crippen LogP contribution is -2.51. The first-order valence-corrected chi connectivity index (χ1v) is 10.3. The smallest absolute Gasteiger partial charge is 0.238 e. The number of hydrogen-bond acceptors (Lipinski definition) is 5. The number of rotatable bonds is 5. The van der Waals surface area contributed by atoms with Gasteiger partial charge in [-0.15, -0.1) is 0 Å². The highest BCUT2D eigenvalue weighted by molar-refractivity contribution is 7.88. The molecule has 1 atom stereocenters. The van der Waals surface area contributed by atoms with Gasteiger partial charge in [-0.2, -0.15) is 4.31 Å². The second-order valence-corrected chi connectivity index (χ2v) is 8.61. The van der Waals surface area contributed by atoms with E-state index in [0.29, 0.717) is 13.0 Å². The van der Waals surface area contributed by atoms with Crippen molar-refractivity contribution in [3.05, 3.63) is 24.2 Å². The van der Waals surface area contributed by atoms with Gasteiger partial charge in [0, 0.05) is 25.7 Å². The molecule has 0 aliphatic carbocycles. The van der Waals surface area contributed by atoms with Crippen LogP contribution in [0.1, 0.15) is 31.4 Å². The molecule has 1 aromatic heterocycles. The molecule has 1 aromatic rings. The summed E-state index contributed by atoms with van der Waals surface area (Å²) >= 11 is 0. The van der Waals surface area contributed by atoms with E-state index in [1.165, 1.54) is 10.6 Å². The number of nitrogens with one attached hydrogen (secondary N) is 1. The molecule has 3 rings (SSSR count). The Balaban J connectivity index is 1.48. The molecule has 0 bridgehead atoms. The van der Waals surface area contributed by atoms with Gasteiger partial charge in [-0.3, -0.25) is 9.69 Å². The molecular formula is C16H25N3O4S.